The van der Waals surface area contributed by atoms with E-state index in [4.69, 9.17) is 11.6 Å². The van der Waals surface area contributed by atoms with Gasteiger partial charge in [-0.3, -0.25) is 4.79 Å². The Morgan fingerprint density at radius 2 is 2.05 bits per heavy atom. The molecule has 1 unspecified atom stereocenters. The second-order valence-corrected chi connectivity index (χ2v) is 7.51. The first kappa shape index (κ1) is 16.5. The van der Waals surface area contributed by atoms with Crippen LogP contribution in [-0.4, -0.2) is 5.91 Å². The summed E-state index contributed by atoms with van der Waals surface area (Å²) in [7, 11) is 0. The molecule has 0 bridgehead atoms. The van der Waals surface area contributed by atoms with Crippen LogP contribution in [0, 0.1) is 11.3 Å². The molecule has 1 aromatic carbocycles. The van der Waals surface area contributed by atoms with E-state index in [1.54, 1.807) is 6.07 Å². The highest BCUT2D eigenvalue weighted by molar-refractivity contribution is 9.10. The van der Waals surface area contributed by atoms with Crippen molar-refractivity contribution in [2.45, 2.75) is 40.5 Å². The van der Waals surface area contributed by atoms with Crippen molar-refractivity contribution in [2.24, 2.45) is 11.3 Å². The Kier molecular flexibility index (Phi) is 5.87. The maximum absolute atomic E-state index is 11.9. The Morgan fingerprint density at radius 3 is 2.58 bits per heavy atom. The summed E-state index contributed by atoms with van der Waals surface area (Å²) in [5.41, 5.74) is 0.988. The summed E-state index contributed by atoms with van der Waals surface area (Å²) in [5.74, 6) is 0.404. The highest BCUT2D eigenvalue weighted by Gasteiger charge is 2.17. The van der Waals surface area contributed by atoms with Crippen molar-refractivity contribution in [3.8, 4) is 0 Å². The minimum atomic E-state index is 0.0372. The van der Waals surface area contributed by atoms with Gasteiger partial charge in [0.05, 0.1) is 5.02 Å². The number of rotatable bonds is 4. The van der Waals surface area contributed by atoms with Gasteiger partial charge in [0.1, 0.15) is 0 Å². The SMILES string of the molecule is CC(CC(=O)Nc1ccc(Br)c(Cl)c1)CC(C)(C)C. The molecule has 0 aliphatic carbocycles. The summed E-state index contributed by atoms with van der Waals surface area (Å²) in [6.07, 6.45) is 1.56. The maximum atomic E-state index is 11.9. The number of benzene rings is 1. The van der Waals surface area contributed by atoms with Gasteiger partial charge in [-0.2, -0.15) is 0 Å². The number of hydrogen-bond acceptors (Lipinski definition) is 1. The van der Waals surface area contributed by atoms with Gasteiger partial charge in [0, 0.05) is 16.6 Å². The highest BCUT2D eigenvalue weighted by Crippen LogP contribution is 2.27. The third-order valence-electron chi connectivity index (χ3n) is 2.70. The first-order valence-electron chi connectivity index (χ1n) is 6.42. The van der Waals surface area contributed by atoms with Gasteiger partial charge in [-0.15, -0.1) is 0 Å². The summed E-state index contributed by atoms with van der Waals surface area (Å²) in [6, 6.07) is 5.41. The number of carbonyl (C=O) groups excluding carboxylic acids is 1. The molecule has 0 fully saturated rings. The minimum absolute atomic E-state index is 0.0372. The fourth-order valence-corrected chi connectivity index (χ4v) is 2.65. The Bertz CT molecular complexity index is 454. The summed E-state index contributed by atoms with van der Waals surface area (Å²) in [4.78, 5) is 11.9. The summed E-state index contributed by atoms with van der Waals surface area (Å²) < 4.78 is 0.827. The predicted molar refractivity (Wildman–Crippen MR) is 85.6 cm³/mol. The van der Waals surface area contributed by atoms with E-state index >= 15 is 0 Å². The van der Waals surface area contributed by atoms with Gasteiger partial charge in [0.25, 0.3) is 0 Å². The second kappa shape index (κ2) is 6.76. The molecule has 0 aromatic heterocycles. The van der Waals surface area contributed by atoms with Crippen LogP contribution < -0.4 is 5.32 Å². The number of amides is 1. The van der Waals surface area contributed by atoms with E-state index in [2.05, 4.69) is 48.9 Å². The average molecular weight is 347 g/mol. The highest BCUT2D eigenvalue weighted by atomic mass is 79.9. The van der Waals surface area contributed by atoms with Crippen molar-refractivity contribution in [3.63, 3.8) is 0 Å². The van der Waals surface area contributed by atoms with Gasteiger partial charge in [-0.25, -0.2) is 0 Å². The fourth-order valence-electron chi connectivity index (χ4n) is 2.22. The standard InChI is InChI=1S/C15H21BrClNO/c1-10(9-15(2,3)4)7-14(19)18-11-5-6-12(16)13(17)8-11/h5-6,8,10H,7,9H2,1-4H3,(H,18,19). The quantitative estimate of drug-likeness (QED) is 0.766. The largest absolute Gasteiger partial charge is 0.326 e. The lowest BCUT2D eigenvalue weighted by molar-refractivity contribution is -0.117. The van der Waals surface area contributed by atoms with E-state index in [9.17, 15) is 4.79 Å². The molecule has 1 amide bonds. The van der Waals surface area contributed by atoms with E-state index in [1.807, 2.05) is 12.1 Å². The minimum Gasteiger partial charge on any atom is -0.326 e. The summed E-state index contributed by atoms with van der Waals surface area (Å²) >= 11 is 9.32. The van der Waals surface area contributed by atoms with Crippen molar-refractivity contribution < 1.29 is 4.79 Å². The van der Waals surface area contributed by atoms with Crippen LogP contribution in [0.2, 0.25) is 5.02 Å². The second-order valence-electron chi connectivity index (χ2n) is 6.25. The van der Waals surface area contributed by atoms with E-state index in [0.29, 0.717) is 17.4 Å². The van der Waals surface area contributed by atoms with E-state index in [0.717, 1.165) is 16.6 Å². The zero-order valence-corrected chi connectivity index (χ0v) is 14.2. The predicted octanol–water partition coefficient (Wildman–Crippen LogP) is 5.50. The normalized spacial score (nSPS) is 13.2. The van der Waals surface area contributed by atoms with Gasteiger partial charge >= 0.3 is 0 Å². The third kappa shape index (κ3) is 6.44. The molecule has 0 spiro atoms. The molecule has 0 heterocycles. The topological polar surface area (TPSA) is 29.1 Å². The molecule has 4 heteroatoms. The molecular weight excluding hydrogens is 326 g/mol. The molecule has 0 saturated carbocycles. The van der Waals surface area contributed by atoms with Crippen molar-refractivity contribution >= 4 is 39.1 Å². The molecule has 0 aliphatic heterocycles. The summed E-state index contributed by atoms with van der Waals surface area (Å²) in [6.45, 7) is 8.68. The molecule has 0 aliphatic rings. The van der Waals surface area contributed by atoms with E-state index in [-0.39, 0.29) is 11.3 Å². The monoisotopic (exact) mass is 345 g/mol. The fraction of sp³-hybridized carbons (Fsp3) is 0.533. The van der Waals surface area contributed by atoms with Crippen LogP contribution in [0.25, 0.3) is 0 Å². The number of halogens is 2. The van der Waals surface area contributed by atoms with Crippen LogP contribution in [0.15, 0.2) is 22.7 Å². The van der Waals surface area contributed by atoms with Crippen molar-refractivity contribution in [2.75, 3.05) is 5.32 Å². The lowest BCUT2D eigenvalue weighted by Gasteiger charge is -2.22. The molecule has 1 rings (SSSR count). The third-order valence-corrected chi connectivity index (χ3v) is 3.93. The van der Waals surface area contributed by atoms with Crippen molar-refractivity contribution in [1.29, 1.82) is 0 Å². The molecule has 0 radical (unpaired) electrons. The number of nitrogens with one attached hydrogen (secondary N) is 1. The lowest BCUT2D eigenvalue weighted by atomic mass is 9.84. The zero-order chi connectivity index (χ0) is 14.6. The molecular formula is C15H21BrClNO. The molecule has 1 atom stereocenters. The lowest BCUT2D eigenvalue weighted by Crippen LogP contribution is -2.18. The van der Waals surface area contributed by atoms with Crippen LogP contribution in [-0.2, 0) is 4.79 Å². The first-order chi connectivity index (χ1) is 8.67. The number of hydrogen-bond donors (Lipinski definition) is 1. The van der Waals surface area contributed by atoms with E-state index < -0.39 is 0 Å². The van der Waals surface area contributed by atoms with E-state index in [1.165, 1.54) is 0 Å². The molecule has 2 nitrogen and oxygen atoms in total. The average Bonchev–Trinajstić information content (AvgIpc) is 2.20. The zero-order valence-electron chi connectivity index (χ0n) is 11.9. The van der Waals surface area contributed by atoms with Crippen molar-refractivity contribution in [1.82, 2.24) is 0 Å². The smallest absolute Gasteiger partial charge is 0.224 e. The molecule has 0 saturated heterocycles. The van der Waals surface area contributed by atoms with Crippen LogP contribution in [0.4, 0.5) is 5.69 Å². The Hall–Kier alpha value is -0.540. The van der Waals surface area contributed by atoms with Gasteiger partial charge < -0.3 is 5.32 Å². The van der Waals surface area contributed by atoms with Gasteiger partial charge in [-0.05, 0) is 51.9 Å². The first-order valence-corrected chi connectivity index (χ1v) is 7.59. The van der Waals surface area contributed by atoms with Crippen LogP contribution in [0.5, 0.6) is 0 Å². The van der Waals surface area contributed by atoms with Gasteiger partial charge in [0.2, 0.25) is 5.91 Å². The number of anilines is 1. The molecule has 1 N–H and O–H groups in total. The maximum Gasteiger partial charge on any atom is 0.224 e. The van der Waals surface area contributed by atoms with Gasteiger partial charge in [0.15, 0.2) is 0 Å². The van der Waals surface area contributed by atoms with Crippen LogP contribution in [0.3, 0.4) is 0 Å². The molecule has 1 aromatic rings. The van der Waals surface area contributed by atoms with Crippen LogP contribution in [0.1, 0.15) is 40.5 Å². The Balaban J connectivity index is 2.53. The summed E-state index contributed by atoms with van der Waals surface area (Å²) in [5, 5.41) is 3.48. The molecule has 19 heavy (non-hydrogen) atoms. The van der Waals surface area contributed by atoms with Crippen LogP contribution >= 0.6 is 27.5 Å². The Labute approximate surface area is 129 Å². The Morgan fingerprint density at radius 1 is 1.42 bits per heavy atom. The van der Waals surface area contributed by atoms with Crippen molar-refractivity contribution in [3.05, 3.63) is 27.7 Å². The molecule has 106 valence electrons. The van der Waals surface area contributed by atoms with Gasteiger partial charge in [-0.1, -0.05) is 39.3 Å². The number of carbonyl (C=O) groups is 1.